The molecule has 2 heterocycles. The molecule has 0 radical (unpaired) electrons. The summed E-state index contributed by atoms with van der Waals surface area (Å²) < 4.78 is 56.2. The van der Waals surface area contributed by atoms with E-state index in [1.54, 1.807) is 37.4 Å². The van der Waals surface area contributed by atoms with Crippen LogP contribution in [0.5, 0.6) is 5.75 Å². The summed E-state index contributed by atoms with van der Waals surface area (Å²) in [5.41, 5.74) is 1.47. The van der Waals surface area contributed by atoms with Crippen LogP contribution in [0.1, 0.15) is 11.3 Å². The lowest BCUT2D eigenvalue weighted by molar-refractivity contribution is 0.402. The van der Waals surface area contributed by atoms with E-state index in [-0.39, 0.29) is 22.9 Å². The second-order valence-corrected chi connectivity index (χ2v) is 10.9. The molecule has 2 aromatic rings. The number of pyridine rings is 1. The fourth-order valence-corrected chi connectivity index (χ4v) is 8.18. The summed E-state index contributed by atoms with van der Waals surface area (Å²) in [4.78, 5) is 4.20. The van der Waals surface area contributed by atoms with Gasteiger partial charge in [0.05, 0.1) is 29.6 Å². The van der Waals surface area contributed by atoms with E-state index >= 15 is 0 Å². The van der Waals surface area contributed by atoms with Crippen molar-refractivity contribution in [3.05, 3.63) is 53.9 Å². The van der Waals surface area contributed by atoms with Crippen LogP contribution in [0.4, 0.5) is 0 Å². The van der Waals surface area contributed by atoms with Gasteiger partial charge in [-0.1, -0.05) is 12.1 Å². The van der Waals surface area contributed by atoms with Crippen molar-refractivity contribution < 1.29 is 21.6 Å². The number of nitrogens with zero attached hydrogens (tertiary/aromatic N) is 1. The highest BCUT2D eigenvalue weighted by molar-refractivity contribution is 7.96. The predicted molar refractivity (Wildman–Crippen MR) is 102 cm³/mol. The number of hydrogen-bond acceptors (Lipinski definition) is 7. The fourth-order valence-electron chi connectivity index (χ4n) is 3.22. The van der Waals surface area contributed by atoms with Gasteiger partial charge in [-0.2, -0.15) is 0 Å². The molecule has 3 rings (SSSR count). The topological polar surface area (TPSA) is 102 Å². The molecular weight excluding hydrogens is 388 g/mol. The van der Waals surface area contributed by atoms with Crippen LogP contribution in [-0.2, 0) is 26.2 Å². The summed E-state index contributed by atoms with van der Waals surface area (Å²) in [6.45, 7) is 2.07. The fraction of sp³-hybridized carbons (Fsp3) is 0.389. The Morgan fingerprint density at radius 2 is 2.00 bits per heavy atom. The van der Waals surface area contributed by atoms with Gasteiger partial charge in [-0.15, -0.1) is 0 Å². The highest BCUT2D eigenvalue weighted by Gasteiger charge is 2.46. The summed E-state index contributed by atoms with van der Waals surface area (Å²) in [6, 6.07) is 9.54. The van der Waals surface area contributed by atoms with Gasteiger partial charge < -0.3 is 10.1 Å². The number of rotatable bonds is 6. The molecular formula is C18H22N2O5S2. The Labute approximate surface area is 159 Å². The Morgan fingerprint density at radius 1 is 1.22 bits per heavy atom. The lowest BCUT2D eigenvalue weighted by Gasteiger charge is -2.21. The van der Waals surface area contributed by atoms with E-state index in [1.165, 1.54) is 13.2 Å². The van der Waals surface area contributed by atoms with Crippen LogP contribution in [0.15, 0.2) is 47.5 Å². The average molecular weight is 411 g/mol. The van der Waals surface area contributed by atoms with E-state index in [1.807, 2.05) is 6.07 Å². The Morgan fingerprint density at radius 3 is 2.67 bits per heavy atom. The maximum absolute atomic E-state index is 13.3. The number of benzene rings is 1. The number of nitrogens with one attached hydrogen (secondary N) is 1. The number of methoxy groups -OCH3 is 1. The van der Waals surface area contributed by atoms with Crippen molar-refractivity contribution in [3.8, 4) is 5.75 Å². The molecule has 1 aromatic heterocycles. The van der Waals surface area contributed by atoms with Crippen molar-refractivity contribution in [2.24, 2.45) is 0 Å². The lowest BCUT2D eigenvalue weighted by Crippen LogP contribution is -2.43. The van der Waals surface area contributed by atoms with E-state index in [4.69, 9.17) is 4.74 Å². The SMILES string of the molecule is COc1ccc(C)cc1S(=O)(=O)[C@@H]1CS(=O)(=O)C[C@@H]1NCc1ccccn1. The molecule has 1 fully saturated rings. The molecule has 1 aliphatic heterocycles. The maximum Gasteiger partial charge on any atom is 0.187 e. The molecule has 0 unspecified atom stereocenters. The van der Waals surface area contributed by atoms with E-state index in [0.29, 0.717) is 5.69 Å². The number of aryl methyl sites for hydroxylation is 1. The zero-order chi connectivity index (χ0) is 19.7. The third-order valence-electron chi connectivity index (χ3n) is 4.60. The molecule has 0 bridgehead atoms. The second-order valence-electron chi connectivity index (χ2n) is 6.62. The van der Waals surface area contributed by atoms with Crippen molar-refractivity contribution in [2.75, 3.05) is 18.6 Å². The smallest absolute Gasteiger partial charge is 0.187 e. The van der Waals surface area contributed by atoms with Crippen molar-refractivity contribution in [1.82, 2.24) is 10.3 Å². The van der Waals surface area contributed by atoms with Gasteiger partial charge >= 0.3 is 0 Å². The minimum absolute atomic E-state index is 0.0248. The largest absolute Gasteiger partial charge is 0.495 e. The summed E-state index contributed by atoms with van der Waals surface area (Å²) in [5, 5.41) is 1.99. The van der Waals surface area contributed by atoms with E-state index < -0.39 is 36.7 Å². The van der Waals surface area contributed by atoms with Crippen LogP contribution in [0.2, 0.25) is 0 Å². The Balaban J connectivity index is 1.93. The molecule has 2 atom stereocenters. The van der Waals surface area contributed by atoms with Crippen LogP contribution in [-0.4, -0.2) is 51.7 Å². The highest BCUT2D eigenvalue weighted by atomic mass is 32.2. The average Bonchev–Trinajstić information content (AvgIpc) is 2.96. The zero-order valence-electron chi connectivity index (χ0n) is 15.1. The first-order chi connectivity index (χ1) is 12.7. The molecule has 1 aliphatic rings. The molecule has 1 saturated heterocycles. The van der Waals surface area contributed by atoms with Crippen LogP contribution >= 0.6 is 0 Å². The van der Waals surface area contributed by atoms with Crippen molar-refractivity contribution in [2.45, 2.75) is 29.7 Å². The van der Waals surface area contributed by atoms with Gasteiger partial charge in [0.15, 0.2) is 19.7 Å². The molecule has 0 saturated carbocycles. The number of ether oxygens (including phenoxy) is 1. The number of sulfone groups is 2. The van der Waals surface area contributed by atoms with Crippen LogP contribution in [0, 0.1) is 6.92 Å². The van der Waals surface area contributed by atoms with Gasteiger partial charge in [0, 0.05) is 18.8 Å². The Kier molecular flexibility index (Phi) is 5.55. The monoisotopic (exact) mass is 410 g/mol. The van der Waals surface area contributed by atoms with Gasteiger partial charge in [0.1, 0.15) is 10.6 Å². The molecule has 7 nitrogen and oxygen atoms in total. The normalized spacial score (nSPS) is 21.9. The van der Waals surface area contributed by atoms with Crippen LogP contribution in [0.25, 0.3) is 0 Å². The van der Waals surface area contributed by atoms with E-state index in [2.05, 4.69) is 10.3 Å². The number of hydrogen-bond donors (Lipinski definition) is 1. The third-order valence-corrected chi connectivity index (χ3v) is 8.77. The Bertz CT molecular complexity index is 1020. The minimum atomic E-state index is -3.92. The molecule has 0 aliphatic carbocycles. The zero-order valence-corrected chi connectivity index (χ0v) is 16.8. The van der Waals surface area contributed by atoms with Crippen LogP contribution < -0.4 is 10.1 Å². The molecule has 0 amide bonds. The molecule has 1 N–H and O–H groups in total. The van der Waals surface area contributed by atoms with Crippen molar-refractivity contribution >= 4 is 19.7 Å². The van der Waals surface area contributed by atoms with Crippen molar-refractivity contribution in [1.29, 1.82) is 0 Å². The lowest BCUT2D eigenvalue weighted by atomic mass is 10.2. The first-order valence-corrected chi connectivity index (χ1v) is 11.8. The standard InChI is InChI=1S/C18H22N2O5S2/c1-13-6-7-16(25-2)17(9-13)27(23,24)18-12-26(21,22)11-15(18)20-10-14-5-3-4-8-19-14/h3-9,15,18,20H,10-12H2,1-2H3/t15-,18+/m0/s1. The molecule has 9 heteroatoms. The van der Waals surface area contributed by atoms with Crippen LogP contribution in [0.3, 0.4) is 0 Å². The van der Waals surface area contributed by atoms with Gasteiger partial charge in [0.2, 0.25) is 0 Å². The summed E-state index contributed by atoms with van der Waals surface area (Å²) in [7, 11) is -5.99. The van der Waals surface area contributed by atoms with E-state index in [9.17, 15) is 16.8 Å². The Hall–Kier alpha value is -1.97. The van der Waals surface area contributed by atoms with Gasteiger partial charge in [0.25, 0.3) is 0 Å². The molecule has 146 valence electrons. The molecule has 1 aromatic carbocycles. The first kappa shape index (κ1) is 19.8. The predicted octanol–water partition coefficient (Wildman–Crippen LogP) is 1.13. The van der Waals surface area contributed by atoms with Gasteiger partial charge in [-0.3, -0.25) is 4.98 Å². The first-order valence-electron chi connectivity index (χ1n) is 8.45. The van der Waals surface area contributed by atoms with Gasteiger partial charge in [-0.25, -0.2) is 16.8 Å². The summed E-state index contributed by atoms with van der Waals surface area (Å²) in [6.07, 6.45) is 1.63. The van der Waals surface area contributed by atoms with Crippen molar-refractivity contribution in [3.63, 3.8) is 0 Å². The maximum atomic E-state index is 13.3. The number of aromatic nitrogens is 1. The quantitative estimate of drug-likeness (QED) is 0.761. The third kappa shape index (κ3) is 4.31. The minimum Gasteiger partial charge on any atom is -0.495 e. The van der Waals surface area contributed by atoms with Gasteiger partial charge in [-0.05, 0) is 36.8 Å². The molecule has 0 spiro atoms. The second kappa shape index (κ2) is 7.57. The highest BCUT2D eigenvalue weighted by Crippen LogP contribution is 2.32. The van der Waals surface area contributed by atoms with E-state index in [0.717, 1.165) is 5.56 Å². The summed E-state index contributed by atoms with van der Waals surface area (Å²) in [5.74, 6) is -0.419. The summed E-state index contributed by atoms with van der Waals surface area (Å²) >= 11 is 0. The molecule has 27 heavy (non-hydrogen) atoms.